The normalized spacial score (nSPS) is 10.6. The number of aromatic nitrogens is 1. The Morgan fingerprint density at radius 3 is 2.18 bits per heavy atom. The van der Waals surface area contributed by atoms with Crippen LogP contribution in [-0.4, -0.2) is 26.2 Å². The van der Waals surface area contributed by atoms with Gasteiger partial charge in [0.2, 0.25) is 5.52 Å². The van der Waals surface area contributed by atoms with Crippen LogP contribution in [-0.2, 0) is 9.47 Å². The first-order valence-corrected chi connectivity index (χ1v) is 6.70. The van der Waals surface area contributed by atoms with E-state index >= 15 is 0 Å². The first-order chi connectivity index (χ1) is 10.7. The quantitative estimate of drug-likeness (QED) is 0.413. The number of esters is 2. The van der Waals surface area contributed by atoms with Crippen molar-refractivity contribution in [3.8, 4) is 0 Å². The first kappa shape index (κ1) is 14.0. The number of carbonyl (C=O) groups excluding carboxylic acids is 2. The number of carbonyl (C=O) groups is 2. The van der Waals surface area contributed by atoms with Gasteiger partial charge in [-0.2, -0.15) is 4.40 Å². The number of hydrogen-bond acceptors (Lipinski definition) is 4. The molecule has 0 aliphatic rings. The van der Waals surface area contributed by atoms with E-state index in [1.54, 1.807) is 22.7 Å². The second-order valence-corrected chi connectivity index (χ2v) is 4.71. The molecule has 2 heterocycles. The molecule has 0 amide bonds. The van der Waals surface area contributed by atoms with Crippen LogP contribution >= 0.6 is 0 Å². The number of hydrogen-bond donors (Lipinski definition) is 0. The van der Waals surface area contributed by atoms with E-state index < -0.39 is 11.9 Å². The minimum atomic E-state index is -0.590. The fraction of sp³-hybridized carbons (Fsp3) is 0.118. The predicted octanol–water partition coefficient (Wildman–Crippen LogP) is 2.15. The summed E-state index contributed by atoms with van der Waals surface area (Å²) in [5.41, 5.74) is 1.17. The van der Waals surface area contributed by atoms with Gasteiger partial charge in [-0.25, -0.2) is 9.59 Å². The highest BCUT2D eigenvalue weighted by Crippen LogP contribution is 2.24. The molecule has 0 aliphatic carbocycles. The lowest BCUT2D eigenvalue weighted by atomic mass is 10.0. The summed E-state index contributed by atoms with van der Waals surface area (Å²) in [6.45, 7) is 0. The fourth-order valence-electron chi connectivity index (χ4n) is 2.64. The van der Waals surface area contributed by atoms with Crippen LogP contribution in [0.5, 0.6) is 0 Å². The summed E-state index contributed by atoms with van der Waals surface area (Å²) in [6.07, 6.45) is 1.72. The molecule has 3 rings (SSSR count). The average molecular weight is 296 g/mol. The number of nitrogens with zero attached hydrogens (tertiary/aromatic N) is 1. The molecule has 5 nitrogen and oxygen atoms in total. The van der Waals surface area contributed by atoms with E-state index in [0.717, 1.165) is 10.9 Å². The van der Waals surface area contributed by atoms with Crippen molar-refractivity contribution >= 4 is 28.2 Å². The third-order valence-corrected chi connectivity index (χ3v) is 3.58. The van der Waals surface area contributed by atoms with Crippen molar-refractivity contribution in [1.82, 2.24) is 0 Å². The van der Waals surface area contributed by atoms with Gasteiger partial charge in [0.25, 0.3) is 0 Å². The molecule has 5 heteroatoms. The van der Waals surface area contributed by atoms with Crippen LogP contribution in [0.4, 0.5) is 0 Å². The highest BCUT2D eigenvalue weighted by Gasteiger charge is 2.32. The van der Waals surface area contributed by atoms with Crippen LogP contribution < -0.4 is 4.40 Å². The number of rotatable bonds is 2. The van der Waals surface area contributed by atoms with Gasteiger partial charge in [0.15, 0.2) is 6.20 Å². The van der Waals surface area contributed by atoms with Crippen LogP contribution in [0.25, 0.3) is 16.3 Å². The standard InChI is InChI=1S/C17H14NO4/c1-21-16(19)14-12-8-4-3-7-11(12)13-9-5-6-10-18(13)15(14)17(20)22-2/h3-10H,1-2H3/q+1. The molecule has 0 saturated carbocycles. The Kier molecular flexibility index (Phi) is 3.47. The maximum Gasteiger partial charge on any atom is 0.404 e. The molecule has 0 radical (unpaired) electrons. The van der Waals surface area contributed by atoms with Crippen molar-refractivity contribution in [2.75, 3.05) is 14.2 Å². The lowest BCUT2D eigenvalue weighted by Gasteiger charge is -2.08. The third-order valence-electron chi connectivity index (χ3n) is 3.58. The first-order valence-electron chi connectivity index (χ1n) is 6.70. The molecule has 0 bridgehead atoms. The predicted molar refractivity (Wildman–Crippen MR) is 79.8 cm³/mol. The van der Waals surface area contributed by atoms with E-state index in [0.29, 0.717) is 5.39 Å². The maximum atomic E-state index is 12.3. The van der Waals surface area contributed by atoms with Gasteiger partial charge < -0.3 is 9.47 Å². The van der Waals surface area contributed by atoms with E-state index in [4.69, 9.17) is 9.47 Å². The van der Waals surface area contributed by atoms with Crippen LogP contribution in [0.3, 0.4) is 0 Å². The van der Waals surface area contributed by atoms with Crippen LogP contribution in [0.2, 0.25) is 0 Å². The van der Waals surface area contributed by atoms with Crippen molar-refractivity contribution in [3.05, 3.63) is 59.9 Å². The van der Waals surface area contributed by atoms with Gasteiger partial charge in [-0.3, -0.25) is 0 Å². The Hall–Kier alpha value is -2.95. The molecule has 110 valence electrons. The number of fused-ring (bicyclic) bond motifs is 3. The van der Waals surface area contributed by atoms with Gasteiger partial charge in [-0.05, 0) is 12.1 Å². The second-order valence-electron chi connectivity index (χ2n) is 4.71. The van der Waals surface area contributed by atoms with E-state index in [1.807, 2.05) is 30.3 Å². The summed E-state index contributed by atoms with van der Waals surface area (Å²) in [5.74, 6) is -1.16. The Morgan fingerprint density at radius 2 is 1.50 bits per heavy atom. The largest absolute Gasteiger partial charge is 0.465 e. The molecule has 0 saturated heterocycles. The minimum Gasteiger partial charge on any atom is -0.465 e. The summed E-state index contributed by atoms with van der Waals surface area (Å²) in [5, 5.41) is 1.51. The molecule has 3 aromatic rings. The third kappa shape index (κ3) is 1.98. The topological polar surface area (TPSA) is 56.7 Å². The SMILES string of the molecule is COC(=O)c1c(C(=O)OC)[n+]2ccccc2c2ccccc12. The molecule has 1 aromatic carbocycles. The number of benzene rings is 1. The lowest BCUT2D eigenvalue weighted by molar-refractivity contribution is -0.514. The van der Waals surface area contributed by atoms with Crippen molar-refractivity contribution < 1.29 is 23.5 Å². The smallest absolute Gasteiger partial charge is 0.404 e. The molecule has 0 N–H and O–H groups in total. The highest BCUT2D eigenvalue weighted by molar-refractivity contribution is 6.13. The maximum absolute atomic E-state index is 12.3. The molecule has 0 unspecified atom stereocenters. The highest BCUT2D eigenvalue weighted by atomic mass is 16.5. The van der Waals surface area contributed by atoms with E-state index in [2.05, 4.69) is 0 Å². The lowest BCUT2D eigenvalue weighted by Crippen LogP contribution is -2.34. The number of methoxy groups -OCH3 is 2. The molecule has 0 atom stereocenters. The van der Waals surface area contributed by atoms with Crippen LogP contribution in [0, 0.1) is 0 Å². The molecule has 22 heavy (non-hydrogen) atoms. The summed E-state index contributed by atoms with van der Waals surface area (Å²) >= 11 is 0. The fourth-order valence-corrected chi connectivity index (χ4v) is 2.64. The van der Waals surface area contributed by atoms with Gasteiger partial charge >= 0.3 is 17.6 Å². The number of pyridine rings is 2. The van der Waals surface area contributed by atoms with Crippen molar-refractivity contribution in [1.29, 1.82) is 0 Å². The minimum absolute atomic E-state index is 0.156. The van der Waals surface area contributed by atoms with Gasteiger partial charge in [-0.15, -0.1) is 0 Å². The summed E-state index contributed by atoms with van der Waals surface area (Å²) in [6, 6.07) is 12.9. The summed E-state index contributed by atoms with van der Waals surface area (Å²) in [7, 11) is 2.58. The number of ether oxygens (including phenoxy) is 2. The van der Waals surface area contributed by atoms with E-state index in [-0.39, 0.29) is 11.3 Å². The van der Waals surface area contributed by atoms with E-state index in [1.165, 1.54) is 14.2 Å². The van der Waals surface area contributed by atoms with Gasteiger partial charge in [0, 0.05) is 17.5 Å². The molecule has 2 aromatic heterocycles. The van der Waals surface area contributed by atoms with Gasteiger partial charge in [0.05, 0.1) is 19.6 Å². The Morgan fingerprint density at radius 1 is 0.864 bits per heavy atom. The second kappa shape index (κ2) is 5.44. The zero-order chi connectivity index (χ0) is 15.7. The van der Waals surface area contributed by atoms with Crippen LogP contribution in [0.1, 0.15) is 20.8 Å². The zero-order valence-corrected chi connectivity index (χ0v) is 12.2. The van der Waals surface area contributed by atoms with Crippen molar-refractivity contribution in [2.45, 2.75) is 0 Å². The zero-order valence-electron chi connectivity index (χ0n) is 12.2. The Balaban J connectivity index is 2.60. The summed E-state index contributed by atoms with van der Waals surface area (Å²) in [4.78, 5) is 24.5. The van der Waals surface area contributed by atoms with Gasteiger partial charge in [-0.1, -0.05) is 18.2 Å². The molecular formula is C17H14NO4+. The van der Waals surface area contributed by atoms with Crippen molar-refractivity contribution in [2.24, 2.45) is 0 Å². The summed E-state index contributed by atoms with van der Waals surface area (Å²) < 4.78 is 11.4. The molecule has 0 fully saturated rings. The molecular weight excluding hydrogens is 282 g/mol. The average Bonchev–Trinajstić information content (AvgIpc) is 2.59. The molecule has 0 spiro atoms. The van der Waals surface area contributed by atoms with Crippen molar-refractivity contribution in [3.63, 3.8) is 0 Å². The Labute approximate surface area is 126 Å². The van der Waals surface area contributed by atoms with Gasteiger partial charge in [0.1, 0.15) is 5.56 Å². The monoisotopic (exact) mass is 296 g/mol. The van der Waals surface area contributed by atoms with E-state index in [9.17, 15) is 9.59 Å². The van der Waals surface area contributed by atoms with Crippen LogP contribution in [0.15, 0.2) is 48.7 Å². The Bertz CT molecular complexity index is 827. The molecule has 0 aliphatic heterocycles.